The molecule has 2 aromatic rings. The second-order valence-corrected chi connectivity index (χ2v) is 5.39. The van der Waals surface area contributed by atoms with Gasteiger partial charge in [0.2, 0.25) is 0 Å². The van der Waals surface area contributed by atoms with E-state index in [2.05, 4.69) is 15.9 Å². The first-order valence-electron chi connectivity index (χ1n) is 5.82. The Bertz CT molecular complexity index is 705. The van der Waals surface area contributed by atoms with Gasteiger partial charge in [-0.1, -0.05) is 17.7 Å². The topological polar surface area (TPSA) is 69.4 Å². The van der Waals surface area contributed by atoms with Crippen molar-refractivity contribution in [2.24, 2.45) is 0 Å². The first kappa shape index (κ1) is 15.5. The highest BCUT2D eigenvalue weighted by Crippen LogP contribution is 2.30. The molecule has 0 heterocycles. The first-order chi connectivity index (χ1) is 10.0. The predicted molar refractivity (Wildman–Crippen MR) is 82.0 cm³/mol. The number of benzene rings is 2. The molecular weight excluding hydrogens is 362 g/mol. The maximum atomic E-state index is 11.0. The van der Waals surface area contributed by atoms with E-state index < -0.39 is 4.92 Å². The first-order valence-corrected chi connectivity index (χ1v) is 6.99. The van der Waals surface area contributed by atoms with E-state index in [9.17, 15) is 14.9 Å². The quantitative estimate of drug-likeness (QED) is 0.444. The number of rotatable bonds is 5. The zero-order valence-electron chi connectivity index (χ0n) is 10.6. The Labute approximate surface area is 133 Å². The van der Waals surface area contributed by atoms with Gasteiger partial charge < -0.3 is 4.74 Å². The van der Waals surface area contributed by atoms with E-state index in [1.165, 1.54) is 12.1 Å². The standard InChI is InChI=1S/C14H9BrClNO4/c15-12-3-1-2-9(7-18)14(12)21-8-10-4-5-11(16)6-13(10)17(19)20/h1-7H,8H2. The second-order valence-electron chi connectivity index (χ2n) is 4.09. The van der Waals surface area contributed by atoms with Gasteiger partial charge in [-0.2, -0.15) is 0 Å². The molecule has 2 rings (SSSR count). The lowest BCUT2D eigenvalue weighted by molar-refractivity contribution is -0.385. The number of para-hydroxylation sites is 1. The Kier molecular flexibility index (Phi) is 4.93. The number of carbonyl (C=O) groups is 1. The van der Waals surface area contributed by atoms with Crippen LogP contribution < -0.4 is 4.74 Å². The van der Waals surface area contributed by atoms with Gasteiger partial charge in [-0.15, -0.1) is 0 Å². The van der Waals surface area contributed by atoms with Gasteiger partial charge in [-0.25, -0.2) is 0 Å². The molecule has 0 unspecified atom stereocenters. The number of carbonyl (C=O) groups excluding carboxylic acids is 1. The molecule has 5 nitrogen and oxygen atoms in total. The van der Waals surface area contributed by atoms with Crippen LogP contribution in [-0.2, 0) is 6.61 Å². The van der Waals surface area contributed by atoms with E-state index in [4.69, 9.17) is 16.3 Å². The van der Waals surface area contributed by atoms with Crippen LogP contribution >= 0.6 is 27.5 Å². The third-order valence-corrected chi connectivity index (χ3v) is 3.60. The molecule has 0 saturated carbocycles. The lowest BCUT2D eigenvalue weighted by atomic mass is 10.2. The highest BCUT2D eigenvalue weighted by Gasteiger charge is 2.16. The summed E-state index contributed by atoms with van der Waals surface area (Å²) >= 11 is 9.03. The monoisotopic (exact) mass is 369 g/mol. The molecule has 0 aliphatic rings. The summed E-state index contributed by atoms with van der Waals surface area (Å²) < 4.78 is 6.15. The van der Waals surface area contributed by atoms with Crippen LogP contribution in [0.1, 0.15) is 15.9 Å². The smallest absolute Gasteiger partial charge is 0.277 e. The summed E-state index contributed by atoms with van der Waals surface area (Å²) in [6, 6.07) is 9.36. The Morgan fingerprint density at radius 2 is 2.10 bits per heavy atom. The van der Waals surface area contributed by atoms with Crippen LogP contribution in [-0.4, -0.2) is 11.2 Å². The van der Waals surface area contributed by atoms with Crippen LogP contribution in [0.15, 0.2) is 40.9 Å². The van der Waals surface area contributed by atoms with Crippen LogP contribution in [0.4, 0.5) is 5.69 Å². The van der Waals surface area contributed by atoms with Crippen molar-refractivity contribution >= 4 is 39.5 Å². The highest BCUT2D eigenvalue weighted by atomic mass is 79.9. The lowest BCUT2D eigenvalue weighted by Gasteiger charge is -2.10. The summed E-state index contributed by atoms with van der Waals surface area (Å²) in [5.74, 6) is 0.344. The fraction of sp³-hybridized carbons (Fsp3) is 0.0714. The maximum Gasteiger partial charge on any atom is 0.277 e. The maximum absolute atomic E-state index is 11.0. The molecule has 7 heteroatoms. The van der Waals surface area contributed by atoms with Crippen molar-refractivity contribution in [2.75, 3.05) is 0 Å². The average molecular weight is 371 g/mol. The molecule has 108 valence electrons. The normalized spacial score (nSPS) is 10.2. The van der Waals surface area contributed by atoms with Crippen molar-refractivity contribution in [3.05, 3.63) is 67.1 Å². The minimum atomic E-state index is -0.523. The Morgan fingerprint density at radius 3 is 2.76 bits per heavy atom. The third-order valence-electron chi connectivity index (χ3n) is 2.74. The number of aldehydes is 1. The molecule has 0 atom stereocenters. The van der Waals surface area contributed by atoms with E-state index in [0.717, 1.165) is 0 Å². The van der Waals surface area contributed by atoms with Crippen molar-refractivity contribution < 1.29 is 14.5 Å². The fourth-order valence-corrected chi connectivity index (χ4v) is 2.41. The van der Waals surface area contributed by atoms with Gasteiger partial charge in [-0.05, 0) is 40.2 Å². The summed E-state index contributed by atoms with van der Waals surface area (Å²) in [6.45, 7) is -0.0447. The third kappa shape index (κ3) is 3.59. The van der Waals surface area contributed by atoms with Crippen molar-refractivity contribution in [2.45, 2.75) is 6.61 Å². The molecule has 0 spiro atoms. The number of nitro groups is 1. The average Bonchev–Trinajstić information content (AvgIpc) is 2.46. The van der Waals surface area contributed by atoms with Crippen LogP contribution in [0.5, 0.6) is 5.75 Å². The predicted octanol–water partition coefficient (Wildman–Crippen LogP) is 4.40. The van der Waals surface area contributed by atoms with Crippen molar-refractivity contribution in [1.29, 1.82) is 0 Å². The molecule has 0 aliphatic carbocycles. The largest absolute Gasteiger partial charge is 0.487 e. The summed E-state index contributed by atoms with van der Waals surface area (Å²) in [7, 11) is 0. The SMILES string of the molecule is O=Cc1cccc(Br)c1OCc1ccc(Cl)cc1[N+](=O)[O-]. The number of hydrogen-bond acceptors (Lipinski definition) is 4. The molecule has 0 aromatic heterocycles. The fourth-order valence-electron chi connectivity index (χ4n) is 1.75. The van der Waals surface area contributed by atoms with Gasteiger partial charge in [0.15, 0.2) is 6.29 Å². The number of ether oxygens (including phenoxy) is 1. The van der Waals surface area contributed by atoms with Crippen molar-refractivity contribution in [3.63, 3.8) is 0 Å². The van der Waals surface area contributed by atoms with Gasteiger partial charge in [-0.3, -0.25) is 14.9 Å². The van der Waals surface area contributed by atoms with Gasteiger partial charge in [0.25, 0.3) is 5.69 Å². The lowest BCUT2D eigenvalue weighted by Crippen LogP contribution is -2.02. The second kappa shape index (κ2) is 6.69. The molecule has 0 saturated heterocycles. The molecule has 0 aliphatic heterocycles. The summed E-state index contributed by atoms with van der Waals surface area (Å²) in [5, 5.41) is 11.3. The van der Waals surface area contributed by atoms with Crippen molar-refractivity contribution in [1.82, 2.24) is 0 Å². The van der Waals surface area contributed by atoms with Crippen LogP contribution in [0.2, 0.25) is 5.02 Å². The zero-order valence-corrected chi connectivity index (χ0v) is 12.9. The van der Waals surface area contributed by atoms with E-state index in [0.29, 0.717) is 27.6 Å². The Morgan fingerprint density at radius 1 is 1.33 bits per heavy atom. The molecule has 0 radical (unpaired) electrons. The molecular formula is C14H9BrClNO4. The Balaban J connectivity index is 2.29. The minimum Gasteiger partial charge on any atom is -0.487 e. The number of nitrogens with zero attached hydrogens (tertiary/aromatic N) is 1. The van der Waals surface area contributed by atoms with Crippen LogP contribution in [0.3, 0.4) is 0 Å². The van der Waals surface area contributed by atoms with E-state index in [1.807, 2.05) is 0 Å². The molecule has 0 bridgehead atoms. The zero-order chi connectivity index (χ0) is 15.4. The summed E-state index contributed by atoms with van der Waals surface area (Å²) in [5.41, 5.74) is 0.611. The molecule has 0 amide bonds. The molecule has 0 fully saturated rings. The highest BCUT2D eigenvalue weighted by molar-refractivity contribution is 9.10. The minimum absolute atomic E-state index is 0.0447. The Hall–Kier alpha value is -1.92. The van der Waals surface area contributed by atoms with E-state index >= 15 is 0 Å². The van der Waals surface area contributed by atoms with E-state index in [1.54, 1.807) is 24.3 Å². The van der Waals surface area contributed by atoms with E-state index in [-0.39, 0.29) is 17.3 Å². The molecule has 0 N–H and O–H groups in total. The van der Waals surface area contributed by atoms with Gasteiger partial charge in [0, 0.05) is 11.1 Å². The van der Waals surface area contributed by atoms with Gasteiger partial charge in [0.05, 0.1) is 20.5 Å². The van der Waals surface area contributed by atoms with Crippen molar-refractivity contribution in [3.8, 4) is 5.75 Å². The number of hydrogen-bond donors (Lipinski definition) is 0. The summed E-state index contributed by atoms with van der Waals surface area (Å²) in [4.78, 5) is 21.5. The number of halogens is 2. The van der Waals surface area contributed by atoms with Gasteiger partial charge in [0.1, 0.15) is 12.4 Å². The van der Waals surface area contributed by atoms with Crippen LogP contribution in [0.25, 0.3) is 0 Å². The van der Waals surface area contributed by atoms with Crippen LogP contribution in [0, 0.1) is 10.1 Å². The van der Waals surface area contributed by atoms with Gasteiger partial charge >= 0.3 is 0 Å². The summed E-state index contributed by atoms with van der Waals surface area (Å²) in [6.07, 6.45) is 0.663. The molecule has 2 aromatic carbocycles. The number of nitro benzene ring substituents is 1. The molecule has 21 heavy (non-hydrogen) atoms.